The van der Waals surface area contributed by atoms with Crippen LogP contribution in [-0.2, 0) is 9.31 Å². The summed E-state index contributed by atoms with van der Waals surface area (Å²) in [6.45, 7) is 8.16. The molecule has 0 atom stereocenters. The third-order valence-electron chi connectivity index (χ3n) is 4.85. The molecule has 0 amide bonds. The summed E-state index contributed by atoms with van der Waals surface area (Å²) in [5, 5.41) is 0. The van der Waals surface area contributed by atoms with Crippen molar-refractivity contribution in [2.75, 3.05) is 0 Å². The molecule has 0 unspecified atom stereocenters. The van der Waals surface area contributed by atoms with Crippen LogP contribution in [0.2, 0.25) is 0 Å². The fourth-order valence-electron chi connectivity index (χ4n) is 2.72. The van der Waals surface area contributed by atoms with Crippen LogP contribution < -0.4 is 5.46 Å². The number of fused-ring (bicyclic) bond motifs is 1. The van der Waals surface area contributed by atoms with Gasteiger partial charge in [-0.3, -0.25) is 9.55 Å². The summed E-state index contributed by atoms with van der Waals surface area (Å²) in [6.07, 6.45) is 7.17. The zero-order chi connectivity index (χ0) is 16.9. The summed E-state index contributed by atoms with van der Waals surface area (Å²) >= 11 is 0. The van der Waals surface area contributed by atoms with E-state index < -0.39 is 7.12 Å². The molecule has 0 N–H and O–H groups in total. The normalized spacial score (nSPS) is 19.1. The van der Waals surface area contributed by atoms with Gasteiger partial charge in [-0.1, -0.05) is 0 Å². The molecule has 122 valence electrons. The van der Waals surface area contributed by atoms with Crippen molar-refractivity contribution >= 4 is 23.6 Å². The van der Waals surface area contributed by atoms with Crippen LogP contribution in [0.25, 0.3) is 17.0 Å². The maximum absolute atomic E-state index is 6.12. The van der Waals surface area contributed by atoms with E-state index in [1.54, 1.807) is 24.7 Å². The second-order valence-electron chi connectivity index (χ2n) is 7.00. The average Bonchev–Trinajstić information content (AvgIpc) is 3.06. The molecule has 3 aromatic rings. The first-order chi connectivity index (χ1) is 11.4. The SMILES string of the molecule is CC1(C)OB(c2cnc3ccn(-c4ncccn4)c3c2)OC1(C)C. The highest BCUT2D eigenvalue weighted by atomic mass is 16.7. The Morgan fingerprint density at radius 1 is 1.00 bits per heavy atom. The quantitative estimate of drug-likeness (QED) is 0.676. The zero-order valence-corrected chi connectivity index (χ0v) is 14.2. The molecule has 4 heterocycles. The minimum Gasteiger partial charge on any atom is -0.399 e. The highest BCUT2D eigenvalue weighted by Gasteiger charge is 2.51. The lowest BCUT2D eigenvalue weighted by molar-refractivity contribution is 0.00578. The fourth-order valence-corrected chi connectivity index (χ4v) is 2.72. The van der Waals surface area contributed by atoms with E-state index in [1.165, 1.54) is 0 Å². The molecule has 4 rings (SSSR count). The third kappa shape index (κ3) is 2.32. The molecule has 7 heteroatoms. The van der Waals surface area contributed by atoms with Crippen molar-refractivity contribution in [3.05, 3.63) is 43.0 Å². The Balaban J connectivity index is 1.77. The number of rotatable bonds is 2. The molecular weight excluding hydrogens is 303 g/mol. The second kappa shape index (κ2) is 5.12. The summed E-state index contributed by atoms with van der Waals surface area (Å²) in [5.74, 6) is 0.611. The highest BCUT2D eigenvalue weighted by molar-refractivity contribution is 6.62. The minimum atomic E-state index is -0.438. The average molecular weight is 322 g/mol. The number of aromatic nitrogens is 4. The van der Waals surface area contributed by atoms with Crippen LogP contribution in [0.1, 0.15) is 27.7 Å². The maximum atomic E-state index is 6.12. The fraction of sp³-hybridized carbons (Fsp3) is 0.353. The van der Waals surface area contributed by atoms with E-state index >= 15 is 0 Å². The molecule has 0 saturated carbocycles. The lowest BCUT2D eigenvalue weighted by Gasteiger charge is -2.32. The van der Waals surface area contributed by atoms with Crippen molar-refractivity contribution in [1.82, 2.24) is 19.5 Å². The Kier molecular flexibility index (Phi) is 3.27. The molecule has 1 aliphatic heterocycles. The molecule has 0 radical (unpaired) electrons. The van der Waals surface area contributed by atoms with Gasteiger partial charge < -0.3 is 9.31 Å². The van der Waals surface area contributed by atoms with Gasteiger partial charge in [0, 0.05) is 30.3 Å². The molecule has 1 saturated heterocycles. The highest BCUT2D eigenvalue weighted by Crippen LogP contribution is 2.36. The first kappa shape index (κ1) is 15.3. The van der Waals surface area contributed by atoms with Gasteiger partial charge in [0.15, 0.2) is 0 Å². The largest absolute Gasteiger partial charge is 0.496 e. The van der Waals surface area contributed by atoms with Gasteiger partial charge in [0.1, 0.15) is 0 Å². The lowest BCUT2D eigenvalue weighted by Crippen LogP contribution is -2.41. The van der Waals surface area contributed by atoms with Crippen molar-refractivity contribution in [3.8, 4) is 5.95 Å². The van der Waals surface area contributed by atoms with Crippen molar-refractivity contribution in [2.45, 2.75) is 38.9 Å². The number of hydrogen-bond acceptors (Lipinski definition) is 5. The predicted octanol–water partition coefficient (Wildman–Crippen LogP) is 2.11. The molecule has 24 heavy (non-hydrogen) atoms. The number of nitrogens with zero attached hydrogens (tertiary/aromatic N) is 4. The van der Waals surface area contributed by atoms with Crippen LogP contribution in [0.15, 0.2) is 43.0 Å². The van der Waals surface area contributed by atoms with Gasteiger partial charge in [0.2, 0.25) is 5.95 Å². The molecule has 0 bridgehead atoms. The lowest BCUT2D eigenvalue weighted by atomic mass is 9.80. The Morgan fingerprint density at radius 2 is 1.67 bits per heavy atom. The van der Waals surface area contributed by atoms with Gasteiger partial charge in [-0.15, -0.1) is 0 Å². The smallest absolute Gasteiger partial charge is 0.399 e. The van der Waals surface area contributed by atoms with E-state index in [0.717, 1.165) is 16.5 Å². The summed E-state index contributed by atoms with van der Waals surface area (Å²) in [4.78, 5) is 13.1. The topological polar surface area (TPSA) is 62.1 Å². The van der Waals surface area contributed by atoms with Crippen molar-refractivity contribution < 1.29 is 9.31 Å². The summed E-state index contributed by atoms with van der Waals surface area (Å²) < 4.78 is 14.2. The van der Waals surface area contributed by atoms with Crippen LogP contribution >= 0.6 is 0 Å². The summed E-state index contributed by atoms with van der Waals surface area (Å²) in [5.41, 5.74) is 1.93. The number of hydrogen-bond donors (Lipinski definition) is 0. The summed E-state index contributed by atoms with van der Waals surface area (Å²) in [7, 11) is -0.438. The number of pyridine rings is 1. The van der Waals surface area contributed by atoms with E-state index in [0.29, 0.717) is 5.95 Å². The zero-order valence-electron chi connectivity index (χ0n) is 14.2. The predicted molar refractivity (Wildman–Crippen MR) is 92.4 cm³/mol. The van der Waals surface area contributed by atoms with E-state index in [9.17, 15) is 0 Å². The second-order valence-corrected chi connectivity index (χ2v) is 7.00. The Hall–Kier alpha value is -2.25. The van der Waals surface area contributed by atoms with E-state index in [2.05, 4.69) is 15.0 Å². The van der Waals surface area contributed by atoms with Gasteiger partial charge >= 0.3 is 7.12 Å². The van der Waals surface area contributed by atoms with Gasteiger partial charge in [-0.05, 0) is 45.9 Å². The standard InChI is InChI=1S/C17H19BN4O2/c1-16(2)17(3,4)24-18(23-16)12-10-14-13(21-11-12)6-9-22(14)15-19-7-5-8-20-15/h5-11H,1-4H3. The van der Waals surface area contributed by atoms with Gasteiger partial charge in [0.25, 0.3) is 0 Å². The van der Waals surface area contributed by atoms with Crippen LogP contribution in [0, 0.1) is 0 Å². The van der Waals surface area contributed by atoms with Gasteiger partial charge in [0.05, 0.1) is 22.2 Å². The van der Waals surface area contributed by atoms with Crippen LogP contribution in [0.4, 0.5) is 0 Å². The first-order valence-electron chi connectivity index (χ1n) is 7.97. The van der Waals surface area contributed by atoms with Crippen LogP contribution in [-0.4, -0.2) is 37.8 Å². The third-order valence-corrected chi connectivity index (χ3v) is 4.85. The van der Waals surface area contributed by atoms with E-state index in [4.69, 9.17) is 9.31 Å². The molecule has 0 aliphatic carbocycles. The first-order valence-corrected chi connectivity index (χ1v) is 7.97. The van der Waals surface area contributed by atoms with Crippen molar-refractivity contribution in [2.24, 2.45) is 0 Å². The molecule has 3 aromatic heterocycles. The van der Waals surface area contributed by atoms with Crippen molar-refractivity contribution in [3.63, 3.8) is 0 Å². The van der Waals surface area contributed by atoms with E-state index in [-0.39, 0.29) is 11.2 Å². The van der Waals surface area contributed by atoms with Crippen molar-refractivity contribution in [1.29, 1.82) is 0 Å². The van der Waals surface area contributed by atoms with Gasteiger partial charge in [-0.25, -0.2) is 9.97 Å². The van der Waals surface area contributed by atoms with Crippen LogP contribution in [0.5, 0.6) is 0 Å². The molecular formula is C17H19BN4O2. The molecule has 6 nitrogen and oxygen atoms in total. The Labute approximate surface area is 141 Å². The maximum Gasteiger partial charge on any atom is 0.496 e. The molecule has 0 aromatic carbocycles. The van der Waals surface area contributed by atoms with E-state index in [1.807, 2.05) is 50.6 Å². The Bertz CT molecular complexity index is 876. The minimum absolute atomic E-state index is 0.378. The van der Waals surface area contributed by atoms with Crippen LogP contribution in [0.3, 0.4) is 0 Å². The molecule has 0 spiro atoms. The Morgan fingerprint density at radius 3 is 2.33 bits per heavy atom. The summed E-state index contributed by atoms with van der Waals surface area (Å²) in [6, 6.07) is 5.77. The molecule has 1 fully saturated rings. The monoisotopic (exact) mass is 322 g/mol. The molecule has 1 aliphatic rings. The van der Waals surface area contributed by atoms with Gasteiger partial charge in [-0.2, -0.15) is 0 Å².